The van der Waals surface area contributed by atoms with Gasteiger partial charge < -0.3 is 15.0 Å². The number of hydrogen-bond acceptors (Lipinski definition) is 5. The van der Waals surface area contributed by atoms with Gasteiger partial charge in [-0.3, -0.25) is 14.4 Å². The van der Waals surface area contributed by atoms with Crippen LogP contribution in [0.2, 0.25) is 0 Å². The van der Waals surface area contributed by atoms with Gasteiger partial charge in [0, 0.05) is 25.7 Å². The van der Waals surface area contributed by atoms with Crippen LogP contribution in [-0.4, -0.2) is 42.8 Å². The number of carbonyl (C=O) groups excluding carboxylic acids is 3. The number of ether oxygens (including phenoxy) is 1. The van der Waals surface area contributed by atoms with Gasteiger partial charge >= 0.3 is 0 Å². The standard InChI is InChI=1S/C25H27N3O4/c1-16-5-4-14-27(15-16)23-22(18-6-12-21(32-3)13-7-18)24(30)28(25(23)31)20-10-8-19(9-11-20)26-17(2)29/h6-13,16H,4-5,14-15H2,1-3H3,(H,26,29). The fourth-order valence-electron chi connectivity index (χ4n) is 4.35. The summed E-state index contributed by atoms with van der Waals surface area (Å²) >= 11 is 0. The lowest BCUT2D eigenvalue weighted by atomic mass is 9.98. The highest BCUT2D eigenvalue weighted by atomic mass is 16.5. The lowest BCUT2D eigenvalue weighted by Gasteiger charge is -2.33. The van der Waals surface area contributed by atoms with Crippen LogP contribution in [0.15, 0.2) is 54.2 Å². The second-order valence-electron chi connectivity index (χ2n) is 8.32. The Hall–Kier alpha value is -3.61. The summed E-state index contributed by atoms with van der Waals surface area (Å²) < 4.78 is 5.25. The average Bonchev–Trinajstić information content (AvgIpc) is 3.04. The molecule has 7 nitrogen and oxygen atoms in total. The number of likely N-dealkylation sites (tertiary alicyclic amines) is 1. The van der Waals surface area contributed by atoms with Crippen LogP contribution in [0.1, 0.15) is 32.3 Å². The minimum atomic E-state index is -0.347. The highest BCUT2D eigenvalue weighted by molar-refractivity contribution is 6.45. The van der Waals surface area contributed by atoms with Crippen molar-refractivity contribution in [1.29, 1.82) is 0 Å². The maximum absolute atomic E-state index is 13.6. The number of amides is 3. The van der Waals surface area contributed by atoms with E-state index in [9.17, 15) is 14.4 Å². The van der Waals surface area contributed by atoms with E-state index < -0.39 is 0 Å². The molecule has 2 aliphatic heterocycles. The third-order valence-corrected chi connectivity index (χ3v) is 5.86. The van der Waals surface area contributed by atoms with Crippen LogP contribution >= 0.6 is 0 Å². The van der Waals surface area contributed by atoms with Crippen molar-refractivity contribution in [3.05, 3.63) is 59.8 Å². The van der Waals surface area contributed by atoms with Gasteiger partial charge in [-0.25, -0.2) is 4.90 Å². The molecule has 7 heteroatoms. The van der Waals surface area contributed by atoms with Gasteiger partial charge in [0.25, 0.3) is 11.8 Å². The van der Waals surface area contributed by atoms with Gasteiger partial charge in [0.05, 0.1) is 18.4 Å². The van der Waals surface area contributed by atoms with Crippen LogP contribution in [0.3, 0.4) is 0 Å². The number of nitrogens with zero attached hydrogens (tertiary/aromatic N) is 2. The summed E-state index contributed by atoms with van der Waals surface area (Å²) in [6.45, 7) is 5.08. The van der Waals surface area contributed by atoms with Crippen molar-refractivity contribution in [1.82, 2.24) is 4.90 Å². The highest BCUT2D eigenvalue weighted by Crippen LogP contribution is 2.37. The molecule has 1 saturated heterocycles. The van der Waals surface area contributed by atoms with Crippen LogP contribution in [0.4, 0.5) is 11.4 Å². The predicted octanol–water partition coefficient (Wildman–Crippen LogP) is 3.67. The van der Waals surface area contributed by atoms with Crippen LogP contribution < -0.4 is 15.0 Å². The molecule has 0 aromatic heterocycles. The molecule has 1 N–H and O–H groups in total. The molecule has 0 aliphatic carbocycles. The Labute approximate surface area is 187 Å². The summed E-state index contributed by atoms with van der Waals surface area (Å²) in [5.74, 6) is 0.283. The van der Waals surface area contributed by atoms with Crippen LogP contribution in [-0.2, 0) is 14.4 Å². The summed E-state index contributed by atoms with van der Waals surface area (Å²) in [5, 5.41) is 2.70. The molecule has 0 bridgehead atoms. The molecule has 2 aromatic rings. The third-order valence-electron chi connectivity index (χ3n) is 5.86. The van der Waals surface area contributed by atoms with Crippen LogP contribution in [0.25, 0.3) is 5.57 Å². The molecular formula is C25H27N3O4. The van der Waals surface area contributed by atoms with Gasteiger partial charge in [-0.1, -0.05) is 19.1 Å². The van der Waals surface area contributed by atoms with Crippen molar-refractivity contribution >= 4 is 34.7 Å². The molecule has 0 spiro atoms. The normalized spacial score (nSPS) is 18.9. The first kappa shape index (κ1) is 21.6. The molecule has 1 unspecified atom stereocenters. The maximum atomic E-state index is 13.6. The number of methoxy groups -OCH3 is 1. The molecule has 0 saturated carbocycles. The van der Waals surface area contributed by atoms with E-state index in [2.05, 4.69) is 17.1 Å². The molecule has 2 aromatic carbocycles. The molecule has 2 heterocycles. The molecule has 1 atom stereocenters. The van der Waals surface area contributed by atoms with Crippen molar-refractivity contribution in [3.63, 3.8) is 0 Å². The first-order valence-corrected chi connectivity index (χ1v) is 10.8. The van der Waals surface area contributed by atoms with Crippen LogP contribution in [0.5, 0.6) is 5.75 Å². The fraction of sp³-hybridized carbons (Fsp3) is 0.320. The van der Waals surface area contributed by atoms with E-state index in [0.29, 0.717) is 39.9 Å². The Bertz CT molecular complexity index is 1070. The maximum Gasteiger partial charge on any atom is 0.282 e. The lowest BCUT2D eigenvalue weighted by Crippen LogP contribution is -2.39. The van der Waals surface area contributed by atoms with E-state index in [0.717, 1.165) is 25.9 Å². The molecule has 166 valence electrons. The van der Waals surface area contributed by atoms with Crippen molar-refractivity contribution < 1.29 is 19.1 Å². The van der Waals surface area contributed by atoms with E-state index in [1.165, 1.54) is 11.8 Å². The van der Waals surface area contributed by atoms with E-state index in [4.69, 9.17) is 4.74 Å². The first-order valence-electron chi connectivity index (χ1n) is 10.8. The largest absolute Gasteiger partial charge is 0.497 e. The number of carbonyl (C=O) groups is 3. The summed E-state index contributed by atoms with van der Waals surface area (Å²) in [5.41, 5.74) is 2.64. The number of hydrogen-bond donors (Lipinski definition) is 1. The van der Waals surface area contributed by atoms with Crippen molar-refractivity contribution in [2.75, 3.05) is 30.4 Å². The Morgan fingerprint density at radius 2 is 1.72 bits per heavy atom. The van der Waals surface area contributed by atoms with Gasteiger partial charge in [0.15, 0.2) is 0 Å². The lowest BCUT2D eigenvalue weighted by molar-refractivity contribution is -0.121. The molecule has 0 radical (unpaired) electrons. The predicted molar refractivity (Wildman–Crippen MR) is 123 cm³/mol. The zero-order valence-electron chi connectivity index (χ0n) is 18.6. The minimum Gasteiger partial charge on any atom is -0.497 e. The summed E-state index contributed by atoms with van der Waals surface area (Å²) in [4.78, 5) is 41.8. The number of rotatable bonds is 5. The molecular weight excluding hydrogens is 406 g/mol. The van der Waals surface area contributed by atoms with Crippen molar-refractivity contribution in [2.45, 2.75) is 26.7 Å². The fourth-order valence-corrected chi connectivity index (χ4v) is 4.35. The van der Waals surface area contributed by atoms with E-state index >= 15 is 0 Å². The Morgan fingerprint density at radius 3 is 2.31 bits per heavy atom. The molecule has 2 aliphatic rings. The zero-order chi connectivity index (χ0) is 22.8. The van der Waals surface area contributed by atoms with Crippen molar-refractivity contribution in [3.8, 4) is 5.75 Å². The third kappa shape index (κ3) is 4.10. The quantitative estimate of drug-likeness (QED) is 0.728. The van der Waals surface area contributed by atoms with Crippen molar-refractivity contribution in [2.24, 2.45) is 5.92 Å². The first-order chi connectivity index (χ1) is 15.4. The number of piperidine rings is 1. The number of benzene rings is 2. The number of imide groups is 1. The Balaban J connectivity index is 1.74. The van der Waals surface area contributed by atoms with Gasteiger partial charge in [-0.2, -0.15) is 0 Å². The number of anilines is 2. The second-order valence-corrected chi connectivity index (χ2v) is 8.32. The average molecular weight is 434 g/mol. The van der Waals surface area contributed by atoms with Gasteiger partial charge in [-0.15, -0.1) is 0 Å². The molecule has 3 amide bonds. The zero-order valence-corrected chi connectivity index (χ0v) is 18.6. The topological polar surface area (TPSA) is 79.0 Å². The van der Waals surface area contributed by atoms with Crippen LogP contribution in [0, 0.1) is 5.92 Å². The number of nitrogens with one attached hydrogen (secondary N) is 1. The minimum absolute atomic E-state index is 0.184. The molecule has 1 fully saturated rings. The summed E-state index contributed by atoms with van der Waals surface area (Å²) in [6, 6.07) is 13.9. The second kappa shape index (κ2) is 8.86. The Morgan fingerprint density at radius 1 is 1.03 bits per heavy atom. The molecule has 32 heavy (non-hydrogen) atoms. The van der Waals surface area contributed by atoms with E-state index in [-0.39, 0.29) is 17.7 Å². The Kier molecular flexibility index (Phi) is 5.99. The van der Waals surface area contributed by atoms with E-state index in [1.54, 1.807) is 43.5 Å². The van der Waals surface area contributed by atoms with E-state index in [1.807, 2.05) is 12.1 Å². The SMILES string of the molecule is COc1ccc(C2=C(N3CCCC(C)C3)C(=O)N(c3ccc(NC(C)=O)cc3)C2=O)cc1. The van der Waals surface area contributed by atoms with Gasteiger partial charge in [0.2, 0.25) is 5.91 Å². The molecule has 4 rings (SSSR count). The smallest absolute Gasteiger partial charge is 0.282 e. The summed E-state index contributed by atoms with van der Waals surface area (Å²) in [6.07, 6.45) is 2.09. The monoisotopic (exact) mass is 433 g/mol. The van der Waals surface area contributed by atoms with Gasteiger partial charge in [0.1, 0.15) is 11.4 Å². The summed E-state index contributed by atoms with van der Waals surface area (Å²) in [7, 11) is 1.59. The van der Waals surface area contributed by atoms with Gasteiger partial charge in [-0.05, 0) is 60.7 Å². The highest BCUT2D eigenvalue weighted by Gasteiger charge is 2.43.